The summed E-state index contributed by atoms with van der Waals surface area (Å²) in [5, 5.41) is 4.45. The quantitative estimate of drug-likeness (QED) is 0.611. The maximum absolute atomic E-state index is 13.0. The molecule has 1 aliphatic carbocycles. The summed E-state index contributed by atoms with van der Waals surface area (Å²) in [5.41, 5.74) is 3.20. The molecular formula is C20H23N3O3. The Hall–Kier alpha value is -2.89. The van der Waals surface area contributed by atoms with Crippen molar-refractivity contribution < 1.29 is 14.3 Å². The fraction of sp³-hybridized carbons (Fsp3) is 0.350. The fourth-order valence-corrected chi connectivity index (χ4v) is 3.18. The van der Waals surface area contributed by atoms with Gasteiger partial charge in [0.2, 0.25) is 5.78 Å². The molecular weight excluding hydrogens is 330 g/mol. The molecule has 3 rings (SSSR count). The van der Waals surface area contributed by atoms with Gasteiger partial charge in [0, 0.05) is 31.4 Å². The molecule has 0 saturated heterocycles. The average molecular weight is 353 g/mol. The lowest BCUT2D eigenvalue weighted by atomic mass is 9.90. The molecule has 136 valence electrons. The first kappa shape index (κ1) is 17.9. The molecule has 0 saturated carbocycles. The summed E-state index contributed by atoms with van der Waals surface area (Å²) in [4.78, 5) is 27.2. The summed E-state index contributed by atoms with van der Waals surface area (Å²) in [7, 11) is 3.78. The van der Waals surface area contributed by atoms with Crippen LogP contribution in [0.2, 0.25) is 0 Å². The number of hydrogen-bond donors (Lipinski definition) is 0. The first-order chi connectivity index (χ1) is 12.5. The highest BCUT2D eigenvalue weighted by molar-refractivity contribution is 6.11. The van der Waals surface area contributed by atoms with E-state index in [9.17, 15) is 9.59 Å². The summed E-state index contributed by atoms with van der Waals surface area (Å²) in [6.45, 7) is 2.47. The van der Waals surface area contributed by atoms with Gasteiger partial charge < -0.3 is 9.64 Å². The third-order valence-electron chi connectivity index (χ3n) is 4.26. The van der Waals surface area contributed by atoms with Crippen LogP contribution in [-0.4, -0.2) is 47.1 Å². The predicted octanol–water partition coefficient (Wildman–Crippen LogP) is 2.68. The maximum Gasteiger partial charge on any atom is 0.359 e. The molecule has 0 bridgehead atoms. The zero-order valence-corrected chi connectivity index (χ0v) is 15.4. The van der Waals surface area contributed by atoms with Gasteiger partial charge in [-0.25, -0.2) is 4.79 Å². The Morgan fingerprint density at radius 3 is 2.65 bits per heavy atom. The minimum absolute atomic E-state index is 0.0704. The van der Waals surface area contributed by atoms with Gasteiger partial charge in [-0.2, -0.15) is 5.10 Å². The minimum atomic E-state index is -0.469. The number of ketones is 1. The maximum atomic E-state index is 13.0. The normalized spacial score (nSPS) is 15.0. The van der Waals surface area contributed by atoms with E-state index < -0.39 is 5.97 Å². The summed E-state index contributed by atoms with van der Waals surface area (Å²) < 4.78 is 6.78. The van der Waals surface area contributed by atoms with E-state index in [-0.39, 0.29) is 18.1 Å². The number of rotatable bonds is 5. The lowest BCUT2D eigenvalue weighted by Gasteiger charge is -2.18. The van der Waals surface area contributed by atoms with Crippen molar-refractivity contribution in [2.24, 2.45) is 0 Å². The van der Waals surface area contributed by atoms with E-state index in [1.54, 1.807) is 11.6 Å². The number of nitrogens with zero attached hydrogens (tertiary/aromatic N) is 3. The fourth-order valence-electron chi connectivity index (χ4n) is 3.18. The van der Waals surface area contributed by atoms with E-state index in [0.717, 1.165) is 11.1 Å². The van der Waals surface area contributed by atoms with Crippen LogP contribution in [0.3, 0.4) is 0 Å². The highest BCUT2D eigenvalue weighted by Gasteiger charge is 2.33. The van der Waals surface area contributed by atoms with Crippen LogP contribution >= 0.6 is 0 Å². The lowest BCUT2D eigenvalue weighted by molar-refractivity contribution is 0.0517. The molecule has 0 radical (unpaired) electrons. The molecule has 0 unspecified atom stereocenters. The first-order valence-corrected chi connectivity index (χ1v) is 8.73. The summed E-state index contributed by atoms with van der Waals surface area (Å²) in [5.74, 6) is -0.540. The van der Waals surface area contributed by atoms with E-state index in [1.807, 2.05) is 55.5 Å². The number of fused-ring (bicyclic) bond motifs is 1. The van der Waals surface area contributed by atoms with Crippen molar-refractivity contribution in [3.8, 4) is 0 Å². The van der Waals surface area contributed by atoms with Crippen LogP contribution in [-0.2, 0) is 17.7 Å². The van der Waals surface area contributed by atoms with Gasteiger partial charge in [-0.3, -0.25) is 9.48 Å². The van der Waals surface area contributed by atoms with Gasteiger partial charge in [-0.1, -0.05) is 30.3 Å². The van der Waals surface area contributed by atoms with E-state index >= 15 is 0 Å². The van der Waals surface area contributed by atoms with E-state index in [4.69, 9.17) is 4.74 Å². The summed E-state index contributed by atoms with van der Waals surface area (Å²) >= 11 is 0. The van der Waals surface area contributed by atoms with Crippen molar-refractivity contribution in [2.75, 3.05) is 20.7 Å². The molecule has 0 spiro atoms. The Morgan fingerprint density at radius 2 is 2.00 bits per heavy atom. The van der Waals surface area contributed by atoms with Crippen molar-refractivity contribution in [1.82, 2.24) is 14.7 Å². The standard InChI is InChI=1S/C20H23N3O3/c1-4-26-20(25)17-16-11-10-15(13-22(2)3)19(24)18(16)23(21-17)12-14-8-6-5-7-9-14/h5-9,13H,4,10-12H2,1-3H3. The smallest absolute Gasteiger partial charge is 0.359 e. The van der Waals surface area contributed by atoms with Crippen molar-refractivity contribution in [3.63, 3.8) is 0 Å². The number of carbonyl (C=O) groups excluding carboxylic acids is 2. The topological polar surface area (TPSA) is 64.4 Å². The number of Topliss-reactive ketones (excluding diaryl/α,β-unsaturated/α-hetero) is 1. The molecule has 0 N–H and O–H groups in total. The number of hydrogen-bond acceptors (Lipinski definition) is 5. The third-order valence-corrected chi connectivity index (χ3v) is 4.26. The van der Waals surface area contributed by atoms with Crippen LogP contribution in [0, 0.1) is 0 Å². The number of esters is 1. The van der Waals surface area contributed by atoms with Crippen molar-refractivity contribution >= 4 is 11.8 Å². The van der Waals surface area contributed by atoms with Gasteiger partial charge in [0.15, 0.2) is 5.69 Å². The summed E-state index contributed by atoms with van der Waals surface area (Å²) in [6, 6.07) is 9.77. The third kappa shape index (κ3) is 3.54. The molecule has 1 aliphatic rings. The van der Waals surface area contributed by atoms with Crippen LogP contribution in [0.25, 0.3) is 0 Å². The highest BCUT2D eigenvalue weighted by atomic mass is 16.5. The van der Waals surface area contributed by atoms with E-state index in [0.29, 0.717) is 30.6 Å². The monoisotopic (exact) mass is 353 g/mol. The van der Waals surface area contributed by atoms with Crippen LogP contribution in [0.15, 0.2) is 42.1 Å². The number of carbonyl (C=O) groups is 2. The van der Waals surface area contributed by atoms with Crippen molar-refractivity contribution in [1.29, 1.82) is 0 Å². The van der Waals surface area contributed by atoms with Crippen LogP contribution in [0.5, 0.6) is 0 Å². The van der Waals surface area contributed by atoms with Crippen LogP contribution in [0.1, 0.15) is 45.4 Å². The van der Waals surface area contributed by atoms with Gasteiger partial charge in [-0.15, -0.1) is 0 Å². The molecule has 26 heavy (non-hydrogen) atoms. The number of aromatic nitrogens is 2. The molecule has 0 aliphatic heterocycles. The van der Waals surface area contributed by atoms with Crippen LogP contribution in [0.4, 0.5) is 0 Å². The van der Waals surface area contributed by atoms with Gasteiger partial charge in [0.25, 0.3) is 0 Å². The highest BCUT2D eigenvalue weighted by Crippen LogP contribution is 2.29. The molecule has 6 heteroatoms. The van der Waals surface area contributed by atoms with Crippen LogP contribution < -0.4 is 0 Å². The van der Waals surface area contributed by atoms with Gasteiger partial charge in [-0.05, 0) is 25.3 Å². The van der Waals surface area contributed by atoms with Crippen molar-refractivity contribution in [2.45, 2.75) is 26.3 Å². The Balaban J connectivity index is 2.07. The molecule has 0 atom stereocenters. The summed E-state index contributed by atoms with van der Waals surface area (Å²) in [6.07, 6.45) is 3.03. The SMILES string of the molecule is CCOC(=O)c1nn(Cc2ccccc2)c2c1CCC(=CN(C)C)C2=O. The van der Waals surface area contributed by atoms with Gasteiger partial charge in [0.1, 0.15) is 5.69 Å². The Labute approximate surface area is 153 Å². The predicted molar refractivity (Wildman–Crippen MR) is 98.1 cm³/mol. The second kappa shape index (κ2) is 7.56. The number of benzene rings is 1. The zero-order valence-electron chi connectivity index (χ0n) is 15.4. The molecule has 0 fully saturated rings. The van der Waals surface area contributed by atoms with Gasteiger partial charge in [0.05, 0.1) is 13.2 Å². The Bertz CT molecular complexity index is 851. The largest absolute Gasteiger partial charge is 0.461 e. The molecule has 1 aromatic heterocycles. The van der Waals surface area contributed by atoms with Gasteiger partial charge >= 0.3 is 5.97 Å². The van der Waals surface area contributed by atoms with E-state index in [2.05, 4.69) is 5.10 Å². The molecule has 0 amide bonds. The number of allylic oxidation sites excluding steroid dienone is 1. The molecule has 6 nitrogen and oxygen atoms in total. The van der Waals surface area contributed by atoms with E-state index in [1.165, 1.54) is 0 Å². The second-order valence-electron chi connectivity index (χ2n) is 6.49. The Kier molecular flexibility index (Phi) is 5.21. The Morgan fingerprint density at radius 1 is 1.27 bits per heavy atom. The average Bonchev–Trinajstić information content (AvgIpc) is 2.97. The molecule has 1 aromatic carbocycles. The lowest BCUT2D eigenvalue weighted by Crippen LogP contribution is -2.21. The second-order valence-corrected chi connectivity index (χ2v) is 6.49. The zero-order chi connectivity index (χ0) is 18.7. The molecule has 1 heterocycles. The minimum Gasteiger partial charge on any atom is -0.461 e. The van der Waals surface area contributed by atoms with Crippen molar-refractivity contribution in [3.05, 3.63) is 64.6 Å². The molecule has 2 aromatic rings. The first-order valence-electron chi connectivity index (χ1n) is 8.73. The number of ether oxygens (including phenoxy) is 1.